The summed E-state index contributed by atoms with van der Waals surface area (Å²) in [4.78, 5) is 0. The molecule has 0 saturated heterocycles. The van der Waals surface area contributed by atoms with Crippen LogP contribution < -0.4 is 5.73 Å². The Bertz CT molecular complexity index is 855. The van der Waals surface area contributed by atoms with E-state index >= 15 is 0 Å². The van der Waals surface area contributed by atoms with Crippen LogP contribution in [0.25, 0.3) is 11.3 Å². The van der Waals surface area contributed by atoms with Crippen molar-refractivity contribution in [1.29, 1.82) is 0 Å². The van der Waals surface area contributed by atoms with Crippen LogP contribution in [0.15, 0.2) is 48.7 Å². The molecule has 1 heterocycles. The summed E-state index contributed by atoms with van der Waals surface area (Å²) in [7, 11) is 0. The van der Waals surface area contributed by atoms with Gasteiger partial charge in [0.1, 0.15) is 11.5 Å². The number of hydrogen-bond acceptors (Lipinski definition) is 3. The van der Waals surface area contributed by atoms with Gasteiger partial charge in [0.05, 0.1) is 6.20 Å². The second kappa shape index (κ2) is 8.82. The fourth-order valence-corrected chi connectivity index (χ4v) is 2.55. The first kappa shape index (κ1) is 19.9. The molecular weight excluding hydrogens is 365 g/mol. The summed E-state index contributed by atoms with van der Waals surface area (Å²) in [6.45, 7) is 0.492. The topological polar surface area (TPSA) is 56.7 Å². The largest absolute Gasteiger partial charge is 0.327 e. The number of nitrogens with two attached hydrogens (primary N) is 1. The molecule has 0 aliphatic heterocycles. The van der Waals surface area contributed by atoms with E-state index in [0.29, 0.717) is 19.0 Å². The van der Waals surface area contributed by atoms with Gasteiger partial charge in [-0.1, -0.05) is 35.5 Å². The summed E-state index contributed by atoms with van der Waals surface area (Å²) >= 11 is 0. The first-order chi connectivity index (χ1) is 12.0. The lowest BCUT2D eigenvalue weighted by molar-refractivity contribution is 0.473. The molecule has 8 heteroatoms. The first-order valence-corrected chi connectivity index (χ1v) is 7.87. The van der Waals surface area contributed by atoms with E-state index in [2.05, 4.69) is 10.3 Å². The lowest BCUT2D eigenvalue weighted by Crippen LogP contribution is -2.25. The van der Waals surface area contributed by atoms with Gasteiger partial charge < -0.3 is 5.73 Å². The maximum Gasteiger partial charge on any atom is 0.161 e. The Hall–Kier alpha value is -2.38. The first-order valence-electron chi connectivity index (χ1n) is 7.87. The molecule has 0 unspecified atom stereocenters. The Morgan fingerprint density at radius 1 is 1.00 bits per heavy atom. The highest BCUT2D eigenvalue weighted by atomic mass is 35.5. The molecule has 0 spiro atoms. The standard InChI is InChI=1S/C18H17F3N4.ClH/c19-15-10-17(21)16(20)9-13(15)8-14(22)6-7-25-11-18(23-24-25)12-4-2-1-3-5-12;/h1-5,9-11,14H,6-8,22H2;1H/t14-;/m0./s1. The minimum absolute atomic E-state index is 0. The number of benzene rings is 2. The number of rotatable bonds is 6. The Labute approximate surface area is 155 Å². The lowest BCUT2D eigenvalue weighted by Gasteiger charge is -2.12. The quantitative estimate of drug-likeness (QED) is 0.661. The third-order valence-electron chi connectivity index (χ3n) is 3.91. The van der Waals surface area contributed by atoms with Crippen molar-refractivity contribution in [1.82, 2.24) is 15.0 Å². The summed E-state index contributed by atoms with van der Waals surface area (Å²) in [5, 5.41) is 8.15. The van der Waals surface area contributed by atoms with Crippen LogP contribution in [0.3, 0.4) is 0 Å². The van der Waals surface area contributed by atoms with Crippen LogP contribution in [0.4, 0.5) is 13.2 Å². The third kappa shape index (κ3) is 4.83. The molecule has 1 atom stereocenters. The monoisotopic (exact) mass is 382 g/mol. The summed E-state index contributed by atoms with van der Waals surface area (Å²) in [6, 6.07) is 10.6. The van der Waals surface area contributed by atoms with Crippen molar-refractivity contribution in [3.05, 3.63) is 71.7 Å². The second-order valence-electron chi connectivity index (χ2n) is 5.84. The average molecular weight is 383 g/mol. The number of nitrogens with zero attached hydrogens (tertiary/aromatic N) is 3. The maximum atomic E-state index is 13.7. The molecule has 2 N–H and O–H groups in total. The molecule has 0 radical (unpaired) electrons. The lowest BCUT2D eigenvalue weighted by atomic mass is 10.0. The zero-order chi connectivity index (χ0) is 17.8. The van der Waals surface area contributed by atoms with Gasteiger partial charge in [0.25, 0.3) is 0 Å². The summed E-state index contributed by atoms with van der Waals surface area (Å²) < 4.78 is 41.5. The van der Waals surface area contributed by atoms with Crippen LogP contribution >= 0.6 is 12.4 Å². The van der Waals surface area contributed by atoms with Gasteiger partial charge in [-0.25, -0.2) is 13.2 Å². The molecule has 0 amide bonds. The molecule has 0 fully saturated rings. The van der Waals surface area contributed by atoms with Crippen LogP contribution in [0, 0.1) is 17.5 Å². The number of aryl methyl sites for hydroxylation is 1. The Morgan fingerprint density at radius 3 is 2.42 bits per heavy atom. The molecule has 0 bridgehead atoms. The van der Waals surface area contributed by atoms with E-state index in [-0.39, 0.29) is 24.4 Å². The second-order valence-corrected chi connectivity index (χ2v) is 5.84. The molecule has 3 aromatic rings. The van der Waals surface area contributed by atoms with Gasteiger partial charge in [-0.15, -0.1) is 17.5 Å². The van der Waals surface area contributed by atoms with Crippen molar-refractivity contribution >= 4 is 12.4 Å². The highest BCUT2D eigenvalue weighted by Crippen LogP contribution is 2.17. The normalized spacial score (nSPS) is 11.8. The van der Waals surface area contributed by atoms with Gasteiger partial charge in [0.15, 0.2) is 11.6 Å². The minimum atomic E-state index is -1.20. The average Bonchev–Trinajstić information content (AvgIpc) is 3.08. The van der Waals surface area contributed by atoms with Crippen molar-refractivity contribution in [3.63, 3.8) is 0 Å². The maximum absolute atomic E-state index is 13.7. The summed E-state index contributed by atoms with van der Waals surface area (Å²) in [5.41, 5.74) is 7.76. The van der Waals surface area contributed by atoms with Crippen molar-refractivity contribution in [2.45, 2.75) is 25.4 Å². The van der Waals surface area contributed by atoms with Gasteiger partial charge >= 0.3 is 0 Å². The van der Waals surface area contributed by atoms with Crippen LogP contribution in [0.1, 0.15) is 12.0 Å². The SMILES string of the molecule is Cl.N[C@@H](CCn1cc(-c2ccccc2)nn1)Cc1cc(F)c(F)cc1F. The summed E-state index contributed by atoms with van der Waals surface area (Å²) in [6.07, 6.45) is 2.42. The smallest absolute Gasteiger partial charge is 0.161 e. The van der Waals surface area contributed by atoms with Crippen molar-refractivity contribution in [3.8, 4) is 11.3 Å². The van der Waals surface area contributed by atoms with Gasteiger partial charge in [0.2, 0.25) is 0 Å². The minimum Gasteiger partial charge on any atom is -0.327 e. The number of aromatic nitrogens is 3. The molecular formula is C18H18ClF3N4. The van der Waals surface area contributed by atoms with Crippen molar-refractivity contribution in [2.75, 3.05) is 0 Å². The zero-order valence-electron chi connectivity index (χ0n) is 13.8. The van der Waals surface area contributed by atoms with Crippen LogP contribution in [0.5, 0.6) is 0 Å². The Kier molecular flexibility index (Phi) is 6.76. The summed E-state index contributed by atoms with van der Waals surface area (Å²) in [5.74, 6) is -3.07. The van der Waals surface area contributed by atoms with Crippen LogP contribution in [-0.4, -0.2) is 21.0 Å². The van der Waals surface area contributed by atoms with Gasteiger partial charge in [-0.3, -0.25) is 4.68 Å². The molecule has 26 heavy (non-hydrogen) atoms. The van der Waals surface area contributed by atoms with E-state index in [9.17, 15) is 13.2 Å². The molecule has 1 aromatic heterocycles. The number of hydrogen-bond donors (Lipinski definition) is 1. The van der Waals surface area contributed by atoms with Gasteiger partial charge in [-0.2, -0.15) is 0 Å². The van der Waals surface area contributed by atoms with Crippen molar-refractivity contribution < 1.29 is 13.2 Å². The van der Waals surface area contributed by atoms with E-state index in [1.807, 2.05) is 30.3 Å². The molecule has 3 rings (SSSR count). The Morgan fingerprint density at radius 2 is 1.69 bits per heavy atom. The third-order valence-corrected chi connectivity index (χ3v) is 3.91. The van der Waals surface area contributed by atoms with Crippen molar-refractivity contribution in [2.24, 2.45) is 5.73 Å². The molecule has 138 valence electrons. The fraction of sp³-hybridized carbons (Fsp3) is 0.222. The van der Waals surface area contributed by atoms with E-state index in [1.54, 1.807) is 10.9 Å². The molecule has 2 aromatic carbocycles. The van der Waals surface area contributed by atoms with E-state index in [0.717, 1.165) is 17.3 Å². The predicted octanol–water partition coefficient (Wildman–Crippen LogP) is 3.74. The molecule has 4 nitrogen and oxygen atoms in total. The number of halogens is 4. The van der Waals surface area contributed by atoms with E-state index < -0.39 is 23.5 Å². The Balaban J connectivity index is 0.00000243. The van der Waals surface area contributed by atoms with Crippen LogP contribution in [-0.2, 0) is 13.0 Å². The van der Waals surface area contributed by atoms with Gasteiger partial charge in [-0.05, 0) is 24.5 Å². The molecule has 0 aliphatic carbocycles. The van der Waals surface area contributed by atoms with Gasteiger partial charge in [0, 0.05) is 24.2 Å². The molecule has 0 aliphatic rings. The predicted molar refractivity (Wildman–Crippen MR) is 95.3 cm³/mol. The van der Waals surface area contributed by atoms with Crippen LogP contribution in [0.2, 0.25) is 0 Å². The van der Waals surface area contributed by atoms with E-state index in [4.69, 9.17) is 5.73 Å². The van der Waals surface area contributed by atoms with E-state index in [1.165, 1.54) is 0 Å². The molecule has 0 saturated carbocycles. The zero-order valence-corrected chi connectivity index (χ0v) is 14.6. The highest BCUT2D eigenvalue weighted by molar-refractivity contribution is 5.85. The fourth-order valence-electron chi connectivity index (χ4n) is 2.55. The highest BCUT2D eigenvalue weighted by Gasteiger charge is 2.13.